The first-order valence-corrected chi connectivity index (χ1v) is 4.77. The molecule has 77 valence electrons. The molecule has 0 saturated heterocycles. The Balaban J connectivity index is 0.00000128. The third kappa shape index (κ3) is 3.59. The molecule has 0 atom stereocenters. The molecule has 0 saturated carbocycles. The molecule has 0 aromatic heterocycles. The van der Waals surface area contributed by atoms with Gasteiger partial charge in [-0.25, -0.2) is 11.6 Å². The van der Waals surface area contributed by atoms with Gasteiger partial charge < -0.3 is 5.73 Å². The second kappa shape index (κ2) is 6.62. The van der Waals surface area contributed by atoms with E-state index in [2.05, 4.69) is 12.1 Å². The molecule has 0 aliphatic rings. The largest absolute Gasteiger partial charge is 0.436 e. The zero-order valence-electron chi connectivity index (χ0n) is 8.85. The number of rotatable bonds is 2. The first-order chi connectivity index (χ1) is 7.36. The van der Waals surface area contributed by atoms with E-state index in [4.69, 9.17) is 5.73 Å². The van der Waals surface area contributed by atoms with Gasteiger partial charge in [0.05, 0.1) is 0 Å². The minimum absolute atomic E-state index is 0. The summed E-state index contributed by atoms with van der Waals surface area (Å²) in [7, 11) is 0. The maximum Gasteiger partial charge on any atom is 0 e. The zero-order valence-corrected chi connectivity index (χ0v) is 11.7. The average molecular weight is 282 g/mol. The Morgan fingerprint density at radius 2 is 1.81 bits per heavy atom. The Kier molecular flexibility index (Phi) is 5.44. The van der Waals surface area contributed by atoms with Crippen molar-refractivity contribution >= 4 is 11.8 Å². The summed E-state index contributed by atoms with van der Waals surface area (Å²) in [5.74, 6) is 0. The smallest absolute Gasteiger partial charge is 0 e. The number of benzene rings is 2. The third-order valence-electron chi connectivity index (χ3n) is 2.08. The molecule has 0 aliphatic carbocycles. The molecule has 0 bridgehead atoms. The van der Waals surface area contributed by atoms with Crippen molar-refractivity contribution in [1.29, 1.82) is 0 Å². The van der Waals surface area contributed by atoms with Gasteiger partial charge in [0, 0.05) is 32.7 Å². The summed E-state index contributed by atoms with van der Waals surface area (Å²) in [6, 6.07) is 18.5. The number of nitrogen functional groups attached to an aromatic ring is 1. The molecule has 0 aliphatic heterocycles. The SMILES string of the molecule is Nc1ccccc1[C-]=Cc1[c-]cccc1.[Y]. The van der Waals surface area contributed by atoms with Gasteiger partial charge in [0.1, 0.15) is 0 Å². The number of para-hydroxylation sites is 1. The third-order valence-corrected chi connectivity index (χ3v) is 2.08. The monoisotopic (exact) mass is 282 g/mol. The van der Waals surface area contributed by atoms with Gasteiger partial charge in [0.25, 0.3) is 0 Å². The van der Waals surface area contributed by atoms with Gasteiger partial charge in [-0.1, -0.05) is 12.1 Å². The molecule has 2 aromatic carbocycles. The fourth-order valence-electron chi connectivity index (χ4n) is 1.28. The van der Waals surface area contributed by atoms with Crippen LogP contribution >= 0.6 is 0 Å². The topological polar surface area (TPSA) is 26.0 Å². The van der Waals surface area contributed by atoms with E-state index in [1.54, 1.807) is 0 Å². The average Bonchev–Trinajstić information content (AvgIpc) is 2.29. The fraction of sp³-hybridized carbons (Fsp3) is 0. The van der Waals surface area contributed by atoms with Gasteiger partial charge in [-0.15, -0.1) is 23.8 Å². The Hall–Kier alpha value is -0.916. The van der Waals surface area contributed by atoms with Gasteiger partial charge in [0.15, 0.2) is 0 Å². The molecule has 0 spiro atoms. The second-order valence-electron chi connectivity index (χ2n) is 3.19. The first kappa shape index (κ1) is 13.2. The Labute approximate surface area is 121 Å². The molecule has 0 heterocycles. The van der Waals surface area contributed by atoms with Gasteiger partial charge in [-0.2, -0.15) is 30.3 Å². The summed E-state index contributed by atoms with van der Waals surface area (Å²) in [5.41, 5.74) is 8.44. The molecule has 0 fully saturated rings. The Morgan fingerprint density at radius 3 is 2.50 bits per heavy atom. The second-order valence-corrected chi connectivity index (χ2v) is 3.19. The minimum atomic E-state index is 0. The fourth-order valence-corrected chi connectivity index (χ4v) is 1.28. The van der Waals surface area contributed by atoms with Crippen LogP contribution in [0.25, 0.3) is 6.08 Å². The molecule has 0 unspecified atom stereocenters. The van der Waals surface area contributed by atoms with Crippen molar-refractivity contribution in [3.05, 3.63) is 71.8 Å². The molecule has 2 aromatic rings. The van der Waals surface area contributed by atoms with Crippen LogP contribution in [0.1, 0.15) is 11.1 Å². The van der Waals surface area contributed by atoms with E-state index in [0.29, 0.717) is 0 Å². The van der Waals surface area contributed by atoms with Crippen LogP contribution in [0.5, 0.6) is 0 Å². The van der Waals surface area contributed by atoms with Crippen molar-refractivity contribution < 1.29 is 32.7 Å². The molecule has 1 nitrogen and oxygen atoms in total. The van der Waals surface area contributed by atoms with Crippen molar-refractivity contribution in [2.45, 2.75) is 0 Å². The molecule has 16 heavy (non-hydrogen) atoms. The van der Waals surface area contributed by atoms with Crippen molar-refractivity contribution in [3.63, 3.8) is 0 Å². The summed E-state index contributed by atoms with van der Waals surface area (Å²) in [4.78, 5) is 0. The van der Waals surface area contributed by atoms with Crippen LogP contribution in [0.4, 0.5) is 5.69 Å². The van der Waals surface area contributed by atoms with Crippen molar-refractivity contribution in [1.82, 2.24) is 0 Å². The first-order valence-electron chi connectivity index (χ1n) is 4.77. The molecule has 2 N–H and O–H groups in total. The van der Waals surface area contributed by atoms with Crippen LogP contribution in [-0.2, 0) is 32.7 Å². The quantitative estimate of drug-likeness (QED) is 0.511. The number of hydrogen-bond donors (Lipinski definition) is 1. The van der Waals surface area contributed by atoms with Crippen LogP contribution in [0.3, 0.4) is 0 Å². The minimum Gasteiger partial charge on any atom is -0.436 e. The summed E-state index contributed by atoms with van der Waals surface area (Å²) in [6.07, 6.45) is 5.03. The number of nitrogens with two attached hydrogens (primary N) is 1. The molecular formula is C14H11NY-2. The number of anilines is 1. The molecule has 2 rings (SSSR count). The summed E-state index contributed by atoms with van der Waals surface area (Å²) in [6.45, 7) is 0. The van der Waals surface area contributed by atoms with Gasteiger partial charge in [-0.3, -0.25) is 0 Å². The molecule has 1 radical (unpaired) electrons. The van der Waals surface area contributed by atoms with Gasteiger partial charge in [-0.05, 0) is 5.69 Å². The van der Waals surface area contributed by atoms with Crippen LogP contribution < -0.4 is 5.73 Å². The van der Waals surface area contributed by atoms with E-state index in [1.165, 1.54) is 0 Å². The number of hydrogen-bond acceptors (Lipinski definition) is 1. The van der Waals surface area contributed by atoms with E-state index in [-0.39, 0.29) is 32.7 Å². The predicted octanol–water partition coefficient (Wildman–Crippen LogP) is 2.93. The summed E-state index contributed by atoms with van der Waals surface area (Å²) < 4.78 is 0. The standard InChI is InChI=1S/C14H11N.Y/c15-14-9-5-4-8-13(14)11-10-12-6-2-1-3-7-12;/h1-6,8-10H,15H2;/q-2;. The van der Waals surface area contributed by atoms with Gasteiger partial charge in [0.2, 0.25) is 0 Å². The van der Waals surface area contributed by atoms with Crippen LogP contribution in [0.15, 0.2) is 48.5 Å². The van der Waals surface area contributed by atoms with Gasteiger partial charge >= 0.3 is 0 Å². The Bertz CT molecular complexity index is 463. The van der Waals surface area contributed by atoms with E-state index >= 15 is 0 Å². The maximum absolute atomic E-state index is 5.79. The normalized spacial score (nSPS) is 10.0. The Morgan fingerprint density at radius 1 is 1.06 bits per heavy atom. The van der Waals surface area contributed by atoms with E-state index in [0.717, 1.165) is 16.8 Å². The van der Waals surface area contributed by atoms with Crippen molar-refractivity contribution in [2.24, 2.45) is 0 Å². The summed E-state index contributed by atoms with van der Waals surface area (Å²) >= 11 is 0. The van der Waals surface area contributed by atoms with Crippen LogP contribution in [0, 0.1) is 12.1 Å². The summed E-state index contributed by atoms with van der Waals surface area (Å²) in [5, 5.41) is 0. The molecule has 2 heteroatoms. The van der Waals surface area contributed by atoms with Crippen LogP contribution in [-0.4, -0.2) is 0 Å². The zero-order chi connectivity index (χ0) is 10.5. The predicted molar refractivity (Wildman–Crippen MR) is 62.9 cm³/mol. The van der Waals surface area contributed by atoms with E-state index in [9.17, 15) is 0 Å². The van der Waals surface area contributed by atoms with E-state index in [1.807, 2.05) is 54.6 Å². The van der Waals surface area contributed by atoms with Crippen molar-refractivity contribution in [2.75, 3.05) is 5.73 Å². The molecule has 0 amide bonds. The molecular weight excluding hydrogens is 271 g/mol. The van der Waals surface area contributed by atoms with E-state index < -0.39 is 0 Å². The van der Waals surface area contributed by atoms with Crippen LogP contribution in [0.2, 0.25) is 0 Å². The van der Waals surface area contributed by atoms with Crippen molar-refractivity contribution in [3.8, 4) is 0 Å². The maximum atomic E-state index is 5.79.